The average Bonchev–Trinajstić information content (AvgIpc) is 3.74. The van der Waals surface area contributed by atoms with Crippen LogP contribution in [0.5, 0.6) is 0 Å². The van der Waals surface area contributed by atoms with Gasteiger partial charge < -0.3 is 19.9 Å². The van der Waals surface area contributed by atoms with Crippen molar-refractivity contribution in [3.05, 3.63) is 64.6 Å². The zero-order chi connectivity index (χ0) is 30.5. The number of ether oxygens (including phenoxy) is 1. The molecule has 2 unspecified atom stereocenters. The molecule has 4 atom stereocenters. The van der Waals surface area contributed by atoms with Crippen LogP contribution < -0.4 is 16.2 Å². The summed E-state index contributed by atoms with van der Waals surface area (Å²) in [5.41, 5.74) is 3.18. The van der Waals surface area contributed by atoms with E-state index in [2.05, 4.69) is 39.7 Å². The molecule has 0 aliphatic carbocycles. The maximum atomic E-state index is 15.3. The number of hydrogen-bond acceptors (Lipinski definition) is 9. The molecule has 5 aromatic rings. The standard InChI is InChI=1S/C31H35FN10O2/c1-17-9-19(10-18(2)35-17)23-6-5-21(12-25(23)32)36-31-33-13-20-11-24(30(43)42(28(20)38-31)22-7-8-44-16-22)29-37-27(15-40(29)3)26-14-34-41(4)39-26/h5-6,11-15,17-19,22,35H,7-10,16H2,1-4H3,(H,33,36,38)/t17-,18+,19?,22?. The maximum Gasteiger partial charge on any atom is 0.263 e. The van der Waals surface area contributed by atoms with Crippen LogP contribution in [0.15, 0.2) is 47.7 Å². The van der Waals surface area contributed by atoms with Crippen molar-refractivity contribution in [2.75, 3.05) is 18.5 Å². The third kappa shape index (κ3) is 5.26. The Morgan fingerprint density at radius 3 is 2.59 bits per heavy atom. The van der Waals surface area contributed by atoms with E-state index in [9.17, 15) is 4.79 Å². The molecule has 7 rings (SSSR count). The number of rotatable bonds is 6. The predicted molar refractivity (Wildman–Crippen MR) is 164 cm³/mol. The summed E-state index contributed by atoms with van der Waals surface area (Å²) in [6.45, 7) is 5.23. The van der Waals surface area contributed by atoms with Gasteiger partial charge in [-0.2, -0.15) is 20.0 Å². The Morgan fingerprint density at radius 1 is 1.07 bits per heavy atom. The van der Waals surface area contributed by atoms with Gasteiger partial charge >= 0.3 is 0 Å². The lowest BCUT2D eigenvalue weighted by Gasteiger charge is -2.33. The molecular weight excluding hydrogens is 563 g/mol. The summed E-state index contributed by atoms with van der Waals surface area (Å²) < 4.78 is 24.5. The fourth-order valence-corrected chi connectivity index (χ4v) is 6.60. The quantitative estimate of drug-likeness (QED) is 0.297. The van der Waals surface area contributed by atoms with Crippen molar-refractivity contribution in [3.63, 3.8) is 0 Å². The van der Waals surface area contributed by atoms with Crippen LogP contribution in [-0.4, -0.2) is 64.4 Å². The largest absolute Gasteiger partial charge is 0.379 e. The minimum Gasteiger partial charge on any atom is -0.379 e. The molecule has 6 heterocycles. The number of hydrogen-bond donors (Lipinski definition) is 2. The summed E-state index contributed by atoms with van der Waals surface area (Å²) in [6.07, 6.45) is 7.60. The summed E-state index contributed by atoms with van der Waals surface area (Å²) in [6, 6.07) is 7.47. The first kappa shape index (κ1) is 28.3. The van der Waals surface area contributed by atoms with Gasteiger partial charge in [0.25, 0.3) is 5.56 Å². The van der Waals surface area contributed by atoms with Crippen molar-refractivity contribution in [2.45, 2.75) is 57.2 Å². The summed E-state index contributed by atoms with van der Waals surface area (Å²) in [4.78, 5) is 29.6. The Balaban J connectivity index is 1.24. The van der Waals surface area contributed by atoms with E-state index in [4.69, 9.17) is 14.7 Å². The molecule has 228 valence electrons. The van der Waals surface area contributed by atoms with Crippen molar-refractivity contribution >= 4 is 22.7 Å². The Hall–Kier alpha value is -4.49. The van der Waals surface area contributed by atoms with Crippen molar-refractivity contribution in [3.8, 4) is 22.8 Å². The highest BCUT2D eigenvalue weighted by molar-refractivity contribution is 5.81. The lowest BCUT2D eigenvalue weighted by Crippen LogP contribution is -2.41. The molecule has 4 aromatic heterocycles. The SMILES string of the molecule is C[C@@H]1CC(c2ccc(Nc3ncc4cc(-c5nc(-c6cnn(C)n6)cn5C)c(=O)n(C5CCOC5)c4n3)cc2F)C[C@H](C)N1. The van der Waals surface area contributed by atoms with Gasteiger partial charge in [-0.15, -0.1) is 0 Å². The van der Waals surface area contributed by atoms with Crippen LogP contribution in [0.4, 0.5) is 16.0 Å². The molecule has 2 saturated heterocycles. The van der Waals surface area contributed by atoms with Crippen LogP contribution in [0.3, 0.4) is 0 Å². The number of halogens is 1. The van der Waals surface area contributed by atoms with Gasteiger partial charge in [-0.1, -0.05) is 6.07 Å². The highest BCUT2D eigenvalue weighted by Crippen LogP contribution is 2.33. The van der Waals surface area contributed by atoms with E-state index >= 15 is 4.39 Å². The van der Waals surface area contributed by atoms with E-state index in [0.717, 1.165) is 18.4 Å². The molecule has 0 saturated carbocycles. The first-order valence-electron chi connectivity index (χ1n) is 15.0. The molecule has 2 N–H and O–H groups in total. The van der Waals surface area contributed by atoms with Gasteiger partial charge in [-0.3, -0.25) is 9.36 Å². The van der Waals surface area contributed by atoms with E-state index < -0.39 is 0 Å². The van der Waals surface area contributed by atoms with Gasteiger partial charge in [0.15, 0.2) is 0 Å². The number of benzene rings is 1. The van der Waals surface area contributed by atoms with Crippen LogP contribution >= 0.6 is 0 Å². The molecule has 1 aromatic carbocycles. The number of nitrogens with zero attached hydrogens (tertiary/aromatic N) is 8. The maximum absolute atomic E-state index is 15.3. The zero-order valence-corrected chi connectivity index (χ0v) is 25.2. The lowest BCUT2D eigenvalue weighted by molar-refractivity contribution is 0.186. The van der Waals surface area contributed by atoms with E-state index in [0.29, 0.717) is 71.2 Å². The van der Waals surface area contributed by atoms with Crippen LogP contribution in [0.2, 0.25) is 0 Å². The number of piperidine rings is 1. The lowest BCUT2D eigenvalue weighted by atomic mass is 9.83. The molecule has 12 nitrogen and oxygen atoms in total. The van der Waals surface area contributed by atoms with Gasteiger partial charge in [-0.25, -0.2) is 14.4 Å². The van der Waals surface area contributed by atoms with Crippen molar-refractivity contribution in [1.82, 2.24) is 44.4 Å². The molecule has 2 aliphatic heterocycles. The monoisotopic (exact) mass is 598 g/mol. The summed E-state index contributed by atoms with van der Waals surface area (Å²) in [7, 11) is 3.58. The van der Waals surface area contributed by atoms with Crippen molar-refractivity contribution in [1.29, 1.82) is 0 Å². The predicted octanol–water partition coefficient (Wildman–Crippen LogP) is 4.08. The number of imidazole rings is 1. The Labute approximate surface area is 253 Å². The second-order valence-corrected chi connectivity index (χ2v) is 12.0. The molecule has 0 spiro atoms. The fraction of sp³-hybridized carbons (Fsp3) is 0.419. The smallest absolute Gasteiger partial charge is 0.263 e. The molecule has 2 aliphatic rings. The van der Waals surface area contributed by atoms with Gasteiger partial charge in [0.1, 0.15) is 28.7 Å². The second-order valence-electron chi connectivity index (χ2n) is 12.0. The molecule has 0 bridgehead atoms. The number of fused-ring (bicyclic) bond motifs is 1. The average molecular weight is 599 g/mol. The van der Waals surface area contributed by atoms with E-state index in [1.54, 1.807) is 30.1 Å². The van der Waals surface area contributed by atoms with Gasteiger partial charge in [0, 0.05) is 56.3 Å². The number of pyridine rings is 1. The first-order chi connectivity index (χ1) is 21.2. The first-order valence-corrected chi connectivity index (χ1v) is 15.0. The minimum absolute atomic E-state index is 0.167. The summed E-state index contributed by atoms with van der Waals surface area (Å²) in [5, 5.41) is 15.8. The van der Waals surface area contributed by atoms with E-state index in [1.807, 2.05) is 29.9 Å². The molecule has 13 heteroatoms. The van der Waals surface area contributed by atoms with Crippen molar-refractivity contribution < 1.29 is 9.13 Å². The Morgan fingerprint density at radius 2 is 1.89 bits per heavy atom. The fourth-order valence-electron chi connectivity index (χ4n) is 6.60. The van der Waals surface area contributed by atoms with E-state index in [-0.39, 0.29) is 29.3 Å². The van der Waals surface area contributed by atoms with Gasteiger partial charge in [0.2, 0.25) is 5.95 Å². The third-order valence-electron chi connectivity index (χ3n) is 8.56. The molecule has 44 heavy (non-hydrogen) atoms. The number of aromatic nitrogens is 8. The third-order valence-corrected chi connectivity index (χ3v) is 8.56. The van der Waals surface area contributed by atoms with Crippen LogP contribution in [0, 0.1) is 5.82 Å². The Bertz CT molecular complexity index is 1900. The number of aryl methyl sites for hydroxylation is 2. The molecule has 0 radical (unpaired) electrons. The minimum atomic E-state index is -0.248. The highest BCUT2D eigenvalue weighted by atomic mass is 19.1. The topological polar surface area (TPSA) is 130 Å². The second kappa shape index (κ2) is 11.2. The van der Waals surface area contributed by atoms with Crippen LogP contribution in [0.1, 0.15) is 50.6 Å². The normalized spacial score (nSPS) is 22.1. The zero-order valence-electron chi connectivity index (χ0n) is 25.2. The highest BCUT2D eigenvalue weighted by Gasteiger charge is 2.27. The van der Waals surface area contributed by atoms with Gasteiger partial charge in [-0.05, 0) is 62.8 Å². The summed E-state index contributed by atoms with van der Waals surface area (Å²) >= 11 is 0. The number of anilines is 2. The summed E-state index contributed by atoms with van der Waals surface area (Å²) in [5.74, 6) is 0.693. The van der Waals surface area contributed by atoms with Crippen LogP contribution in [0.25, 0.3) is 33.8 Å². The molecular formula is C31H35FN10O2. The Kier molecular flexibility index (Phi) is 7.21. The molecule has 2 fully saturated rings. The van der Waals surface area contributed by atoms with Gasteiger partial charge in [0.05, 0.1) is 24.4 Å². The number of nitrogens with one attached hydrogen (secondary N) is 2. The molecule has 0 amide bonds. The van der Waals surface area contributed by atoms with Crippen molar-refractivity contribution in [2.24, 2.45) is 14.1 Å². The van der Waals surface area contributed by atoms with Crippen LogP contribution in [-0.2, 0) is 18.8 Å². The van der Waals surface area contributed by atoms with E-state index in [1.165, 1.54) is 10.9 Å².